The number of halogens is 3. The highest BCUT2D eigenvalue weighted by atomic mass is 19.4. The number of nitrogens with zero attached hydrogens (tertiary/aromatic N) is 2. The number of hydrazone groups is 1. The predicted molar refractivity (Wildman–Crippen MR) is 120 cm³/mol. The van der Waals surface area contributed by atoms with Crippen molar-refractivity contribution >= 4 is 11.7 Å². The average molecular weight is 450 g/mol. The summed E-state index contributed by atoms with van der Waals surface area (Å²) in [5, 5.41) is 15.7. The van der Waals surface area contributed by atoms with E-state index in [1.54, 1.807) is 36.4 Å². The van der Waals surface area contributed by atoms with Crippen molar-refractivity contribution in [3.05, 3.63) is 107 Å². The van der Waals surface area contributed by atoms with Gasteiger partial charge in [-0.15, -0.1) is 0 Å². The Kier molecular flexibility index (Phi) is 7.46. The standard InChI is InChI=1S/C25H21F3N4O/c1-17-4-2-7-22(13-8-17)30-24(33)32-31-23(14-18-9-11-19(16-29)12-10-18)20-5-3-6-21(15-20)25(26,27)28/h2-13,15,17H,14H2,1H3,(H2,30,32,33)/b31-23+. The molecule has 0 bridgehead atoms. The van der Waals surface area contributed by atoms with E-state index in [-0.39, 0.29) is 23.6 Å². The van der Waals surface area contributed by atoms with E-state index in [9.17, 15) is 18.0 Å². The molecule has 0 aliphatic heterocycles. The van der Waals surface area contributed by atoms with Crippen LogP contribution in [0.3, 0.4) is 0 Å². The van der Waals surface area contributed by atoms with Gasteiger partial charge in [-0.25, -0.2) is 10.2 Å². The predicted octanol–water partition coefficient (Wildman–Crippen LogP) is 5.47. The van der Waals surface area contributed by atoms with Crippen molar-refractivity contribution in [3.63, 3.8) is 0 Å². The molecular weight excluding hydrogens is 429 g/mol. The Labute approximate surface area is 189 Å². The van der Waals surface area contributed by atoms with Gasteiger partial charge in [0.15, 0.2) is 0 Å². The molecule has 1 aliphatic rings. The molecule has 8 heteroatoms. The van der Waals surface area contributed by atoms with Gasteiger partial charge in [-0.1, -0.05) is 49.4 Å². The first-order valence-corrected chi connectivity index (χ1v) is 10.1. The van der Waals surface area contributed by atoms with Crippen molar-refractivity contribution in [2.75, 3.05) is 0 Å². The molecule has 168 valence electrons. The van der Waals surface area contributed by atoms with Gasteiger partial charge >= 0.3 is 12.2 Å². The number of urea groups is 1. The fraction of sp³-hybridized carbons (Fsp3) is 0.160. The molecule has 2 aromatic carbocycles. The maximum Gasteiger partial charge on any atom is 0.416 e. The molecule has 0 fully saturated rings. The molecule has 0 spiro atoms. The number of nitrogens with one attached hydrogen (secondary N) is 2. The molecule has 0 heterocycles. The minimum absolute atomic E-state index is 0.149. The van der Waals surface area contributed by atoms with E-state index in [0.29, 0.717) is 11.3 Å². The molecule has 3 rings (SSSR count). The molecule has 1 atom stereocenters. The van der Waals surface area contributed by atoms with Gasteiger partial charge in [-0.2, -0.15) is 23.5 Å². The van der Waals surface area contributed by atoms with Crippen LogP contribution in [0.5, 0.6) is 0 Å². The highest BCUT2D eigenvalue weighted by Gasteiger charge is 2.30. The van der Waals surface area contributed by atoms with Crippen LogP contribution in [0.1, 0.15) is 29.2 Å². The summed E-state index contributed by atoms with van der Waals surface area (Å²) in [5.74, 6) is 0.224. The summed E-state index contributed by atoms with van der Waals surface area (Å²) >= 11 is 0. The van der Waals surface area contributed by atoms with E-state index in [2.05, 4.69) is 15.8 Å². The van der Waals surface area contributed by atoms with Gasteiger partial charge in [0.05, 0.1) is 22.9 Å². The number of benzene rings is 2. The van der Waals surface area contributed by atoms with Gasteiger partial charge in [0.2, 0.25) is 0 Å². The normalized spacial score (nSPS) is 15.9. The van der Waals surface area contributed by atoms with Crippen LogP contribution in [0, 0.1) is 17.2 Å². The van der Waals surface area contributed by atoms with Crippen LogP contribution in [-0.2, 0) is 12.6 Å². The van der Waals surface area contributed by atoms with E-state index in [4.69, 9.17) is 5.26 Å². The smallest absolute Gasteiger partial charge is 0.307 e. The lowest BCUT2D eigenvalue weighted by molar-refractivity contribution is -0.137. The summed E-state index contributed by atoms with van der Waals surface area (Å²) in [5.41, 5.74) is 3.75. The molecule has 0 aromatic heterocycles. The van der Waals surface area contributed by atoms with E-state index >= 15 is 0 Å². The molecule has 0 saturated heterocycles. The first-order valence-electron chi connectivity index (χ1n) is 10.1. The lowest BCUT2D eigenvalue weighted by atomic mass is 9.99. The van der Waals surface area contributed by atoms with Crippen molar-refractivity contribution in [1.82, 2.24) is 10.7 Å². The van der Waals surface area contributed by atoms with Crippen LogP contribution >= 0.6 is 0 Å². The maximum absolute atomic E-state index is 13.2. The fourth-order valence-electron chi connectivity index (χ4n) is 3.04. The van der Waals surface area contributed by atoms with E-state index in [1.165, 1.54) is 12.1 Å². The van der Waals surface area contributed by atoms with Crippen molar-refractivity contribution in [2.24, 2.45) is 11.0 Å². The largest absolute Gasteiger partial charge is 0.416 e. The molecule has 2 N–H and O–H groups in total. The minimum Gasteiger partial charge on any atom is -0.307 e. The summed E-state index contributed by atoms with van der Waals surface area (Å²) in [6.07, 6.45) is 4.83. The molecule has 1 aliphatic carbocycles. The topological polar surface area (TPSA) is 77.3 Å². The second kappa shape index (κ2) is 10.5. The SMILES string of the molecule is CC1C=CC=C(NC(=O)N/N=C(\Cc2ccc(C#N)cc2)c2cccc(C(F)(F)F)c2)C=C1. The Bertz CT molecular complexity index is 1170. The molecular formula is C25H21F3N4O. The number of hydrogen-bond donors (Lipinski definition) is 2. The molecule has 2 aromatic rings. The first-order chi connectivity index (χ1) is 15.7. The molecule has 2 amide bonds. The number of allylic oxidation sites excluding steroid dienone is 5. The van der Waals surface area contributed by atoms with E-state index in [0.717, 1.165) is 17.7 Å². The van der Waals surface area contributed by atoms with Crippen LogP contribution in [0.2, 0.25) is 0 Å². The molecule has 0 saturated carbocycles. The number of rotatable bonds is 5. The highest BCUT2D eigenvalue weighted by Crippen LogP contribution is 2.29. The van der Waals surface area contributed by atoms with Crippen LogP contribution in [0.4, 0.5) is 18.0 Å². The van der Waals surface area contributed by atoms with E-state index in [1.807, 2.05) is 31.2 Å². The Morgan fingerprint density at radius 3 is 2.61 bits per heavy atom. The van der Waals surface area contributed by atoms with Crippen molar-refractivity contribution < 1.29 is 18.0 Å². The third-order valence-corrected chi connectivity index (χ3v) is 4.80. The van der Waals surface area contributed by atoms with E-state index < -0.39 is 17.8 Å². The summed E-state index contributed by atoms with van der Waals surface area (Å²) < 4.78 is 39.6. The Morgan fingerprint density at radius 2 is 1.91 bits per heavy atom. The summed E-state index contributed by atoms with van der Waals surface area (Å²) in [7, 11) is 0. The summed E-state index contributed by atoms with van der Waals surface area (Å²) in [6, 6.07) is 12.7. The number of amides is 2. The van der Waals surface area contributed by atoms with Crippen LogP contribution in [-0.4, -0.2) is 11.7 Å². The zero-order chi connectivity index (χ0) is 23.8. The number of carbonyl (C=O) groups is 1. The van der Waals surface area contributed by atoms with Gasteiger partial charge in [-0.3, -0.25) is 0 Å². The van der Waals surface area contributed by atoms with Gasteiger partial charge in [-0.05, 0) is 53.5 Å². The third-order valence-electron chi connectivity index (χ3n) is 4.80. The summed E-state index contributed by atoms with van der Waals surface area (Å²) in [6.45, 7) is 2.00. The van der Waals surface area contributed by atoms with Crippen molar-refractivity contribution in [1.29, 1.82) is 5.26 Å². The molecule has 1 unspecified atom stereocenters. The number of carbonyl (C=O) groups excluding carboxylic acids is 1. The maximum atomic E-state index is 13.2. The van der Waals surface area contributed by atoms with Gasteiger partial charge < -0.3 is 5.32 Å². The Balaban J connectivity index is 1.84. The highest BCUT2D eigenvalue weighted by molar-refractivity contribution is 6.02. The summed E-state index contributed by atoms with van der Waals surface area (Å²) in [4.78, 5) is 12.4. The number of hydrogen-bond acceptors (Lipinski definition) is 3. The molecule has 0 radical (unpaired) electrons. The van der Waals surface area contributed by atoms with Crippen molar-refractivity contribution in [3.8, 4) is 6.07 Å². The zero-order valence-corrected chi connectivity index (χ0v) is 17.7. The Morgan fingerprint density at radius 1 is 1.15 bits per heavy atom. The monoisotopic (exact) mass is 450 g/mol. The van der Waals surface area contributed by atoms with Crippen molar-refractivity contribution in [2.45, 2.75) is 19.5 Å². The third kappa shape index (κ3) is 6.94. The lowest BCUT2D eigenvalue weighted by Crippen LogP contribution is -2.32. The van der Waals surface area contributed by atoms with Gasteiger partial charge in [0.25, 0.3) is 0 Å². The second-order valence-corrected chi connectivity index (χ2v) is 7.41. The molecule has 33 heavy (non-hydrogen) atoms. The van der Waals surface area contributed by atoms with Crippen LogP contribution in [0.25, 0.3) is 0 Å². The van der Waals surface area contributed by atoms with Gasteiger partial charge in [0, 0.05) is 12.1 Å². The molecule has 5 nitrogen and oxygen atoms in total. The second-order valence-electron chi connectivity index (χ2n) is 7.41. The van der Waals surface area contributed by atoms with Crippen LogP contribution in [0.15, 0.2) is 89.7 Å². The number of alkyl halides is 3. The number of nitriles is 1. The lowest BCUT2D eigenvalue weighted by Gasteiger charge is -2.12. The minimum atomic E-state index is -4.51. The van der Waals surface area contributed by atoms with Gasteiger partial charge in [0.1, 0.15) is 0 Å². The first kappa shape index (κ1) is 23.5. The quantitative estimate of drug-likeness (QED) is 0.468. The Hall–Kier alpha value is -4.12. The zero-order valence-electron chi connectivity index (χ0n) is 17.7. The average Bonchev–Trinajstić information content (AvgIpc) is 3.00. The fourth-order valence-corrected chi connectivity index (χ4v) is 3.04. The van der Waals surface area contributed by atoms with Crippen LogP contribution < -0.4 is 10.7 Å².